The molecule has 1 aliphatic rings. The zero-order valence-corrected chi connectivity index (χ0v) is 16.8. The molecule has 0 fully saturated rings. The van der Waals surface area contributed by atoms with E-state index in [1.165, 1.54) is 13.2 Å². The number of benzene rings is 2. The number of anilines is 1. The lowest BCUT2D eigenvalue weighted by Gasteiger charge is -2.21. The molecule has 0 spiro atoms. The van der Waals surface area contributed by atoms with Crippen molar-refractivity contribution in [2.24, 2.45) is 0 Å². The molecule has 8 nitrogen and oxygen atoms in total. The Morgan fingerprint density at radius 3 is 2.62 bits per heavy atom. The third kappa shape index (κ3) is 5.27. The second-order valence-corrected chi connectivity index (χ2v) is 8.06. The highest BCUT2D eigenvalue weighted by atomic mass is 32.2. The fraction of sp³-hybridized carbons (Fsp3) is 0.250. The van der Waals surface area contributed by atoms with E-state index in [1.54, 1.807) is 36.4 Å². The first-order valence-electron chi connectivity index (χ1n) is 8.88. The number of nitrogens with one attached hydrogen (secondary N) is 2. The van der Waals surface area contributed by atoms with Crippen molar-refractivity contribution < 1.29 is 27.4 Å². The number of fused-ring (bicyclic) bond motifs is 1. The van der Waals surface area contributed by atoms with Crippen LogP contribution in [0, 0.1) is 0 Å². The topological polar surface area (TPSA) is 103 Å². The fourth-order valence-electron chi connectivity index (χ4n) is 2.75. The maximum atomic E-state index is 12.6. The summed E-state index contributed by atoms with van der Waals surface area (Å²) in [5, 5.41) is 2.77. The van der Waals surface area contributed by atoms with Gasteiger partial charge in [-0.1, -0.05) is 18.2 Å². The Bertz CT molecular complexity index is 985. The summed E-state index contributed by atoms with van der Waals surface area (Å²) in [6.07, 6.45) is 1.48. The van der Waals surface area contributed by atoms with Crippen LogP contribution in [0.15, 0.2) is 49.1 Å². The van der Waals surface area contributed by atoms with Crippen molar-refractivity contribution in [3.05, 3.63) is 60.2 Å². The molecule has 2 N–H and O–H groups in total. The van der Waals surface area contributed by atoms with Crippen LogP contribution in [0.5, 0.6) is 17.2 Å². The smallest absolute Gasteiger partial charge is 0.255 e. The molecule has 0 saturated heterocycles. The Kier molecular flexibility index (Phi) is 6.40. The van der Waals surface area contributed by atoms with E-state index in [0.29, 0.717) is 47.3 Å². The molecule has 2 aromatic rings. The molecular weight excluding hydrogens is 396 g/mol. The molecule has 0 aliphatic carbocycles. The largest absolute Gasteiger partial charge is 0.493 e. The predicted molar refractivity (Wildman–Crippen MR) is 109 cm³/mol. The Morgan fingerprint density at radius 2 is 1.93 bits per heavy atom. The van der Waals surface area contributed by atoms with Gasteiger partial charge in [-0.05, 0) is 29.8 Å². The van der Waals surface area contributed by atoms with Crippen molar-refractivity contribution in [2.75, 3.05) is 32.2 Å². The third-order valence-corrected chi connectivity index (χ3v) is 5.43. The third-order valence-electron chi connectivity index (χ3n) is 4.11. The summed E-state index contributed by atoms with van der Waals surface area (Å²) in [6, 6.07) is 9.75. The first kappa shape index (κ1) is 20.7. The average Bonchev–Trinajstić information content (AvgIpc) is 2.72. The summed E-state index contributed by atoms with van der Waals surface area (Å²) in [7, 11) is -1.95. The maximum Gasteiger partial charge on any atom is 0.255 e. The molecule has 9 heteroatoms. The van der Waals surface area contributed by atoms with Crippen molar-refractivity contribution in [1.29, 1.82) is 0 Å². The molecule has 29 heavy (non-hydrogen) atoms. The number of sulfonamides is 1. The van der Waals surface area contributed by atoms with E-state index in [4.69, 9.17) is 14.2 Å². The van der Waals surface area contributed by atoms with Crippen LogP contribution in [0.1, 0.15) is 15.9 Å². The van der Waals surface area contributed by atoms with E-state index in [1.807, 2.05) is 0 Å². The first-order valence-corrected chi connectivity index (χ1v) is 10.5. The molecule has 0 saturated carbocycles. The van der Waals surface area contributed by atoms with E-state index in [-0.39, 0.29) is 18.2 Å². The van der Waals surface area contributed by atoms with Gasteiger partial charge in [0.15, 0.2) is 11.5 Å². The van der Waals surface area contributed by atoms with Crippen LogP contribution in [-0.4, -0.2) is 41.2 Å². The Morgan fingerprint density at radius 1 is 1.21 bits per heavy atom. The lowest BCUT2D eigenvalue weighted by Crippen LogP contribution is -2.25. The van der Waals surface area contributed by atoms with Gasteiger partial charge in [-0.2, -0.15) is 0 Å². The molecule has 0 radical (unpaired) electrons. The zero-order valence-electron chi connectivity index (χ0n) is 15.9. The molecule has 0 unspecified atom stereocenters. The first-order chi connectivity index (χ1) is 13.9. The summed E-state index contributed by atoms with van der Waals surface area (Å²) in [6.45, 7) is 4.47. The second-order valence-electron chi connectivity index (χ2n) is 6.25. The van der Waals surface area contributed by atoms with Crippen molar-refractivity contribution in [3.8, 4) is 17.2 Å². The molecule has 0 bridgehead atoms. The number of amides is 1. The summed E-state index contributed by atoms with van der Waals surface area (Å²) < 4.78 is 42.6. The highest BCUT2D eigenvalue weighted by Crippen LogP contribution is 2.40. The minimum Gasteiger partial charge on any atom is -0.493 e. The van der Waals surface area contributed by atoms with Crippen LogP contribution < -0.4 is 24.2 Å². The highest BCUT2D eigenvalue weighted by Gasteiger charge is 2.21. The van der Waals surface area contributed by atoms with E-state index >= 15 is 0 Å². The number of ether oxygens (including phenoxy) is 3. The van der Waals surface area contributed by atoms with Crippen LogP contribution in [0.25, 0.3) is 0 Å². The summed E-state index contributed by atoms with van der Waals surface area (Å²) in [5.41, 5.74) is 1.48. The minimum atomic E-state index is -3.44. The monoisotopic (exact) mass is 418 g/mol. The standard InChI is InChI=1S/C20H22N2O6S/c1-3-8-21-29(24,25)13-14-4-6-16(7-5-14)22-20(23)15-11-17(26-2)19-18(12-15)27-9-10-28-19/h3-7,11-12,21H,1,8-10,13H2,2H3,(H,22,23). The summed E-state index contributed by atoms with van der Waals surface area (Å²) >= 11 is 0. The second kappa shape index (κ2) is 8.97. The Balaban J connectivity index is 1.70. The van der Waals surface area contributed by atoms with Gasteiger partial charge in [0.2, 0.25) is 15.8 Å². The number of rotatable bonds is 8. The van der Waals surface area contributed by atoms with E-state index in [2.05, 4.69) is 16.6 Å². The van der Waals surface area contributed by atoms with Gasteiger partial charge in [0.05, 0.1) is 12.9 Å². The minimum absolute atomic E-state index is 0.158. The number of hydrogen-bond acceptors (Lipinski definition) is 6. The van der Waals surface area contributed by atoms with E-state index < -0.39 is 10.0 Å². The summed E-state index contributed by atoms with van der Waals surface area (Å²) in [5.74, 6) is 0.835. The normalized spacial score (nSPS) is 12.9. The van der Waals surface area contributed by atoms with Crippen LogP contribution >= 0.6 is 0 Å². The van der Waals surface area contributed by atoms with Gasteiger partial charge in [0, 0.05) is 17.8 Å². The van der Waals surface area contributed by atoms with Crippen molar-refractivity contribution in [3.63, 3.8) is 0 Å². The molecule has 0 atom stereocenters. The van der Waals surface area contributed by atoms with Gasteiger partial charge >= 0.3 is 0 Å². The van der Waals surface area contributed by atoms with Crippen LogP contribution in [0.2, 0.25) is 0 Å². The number of carbonyl (C=O) groups is 1. The zero-order chi connectivity index (χ0) is 20.9. The molecule has 1 aliphatic heterocycles. The van der Waals surface area contributed by atoms with Gasteiger partial charge in [-0.3, -0.25) is 4.79 Å². The lowest BCUT2D eigenvalue weighted by atomic mass is 10.1. The highest BCUT2D eigenvalue weighted by molar-refractivity contribution is 7.88. The molecule has 1 amide bonds. The molecule has 154 valence electrons. The molecule has 0 aromatic heterocycles. The van der Waals surface area contributed by atoms with Gasteiger partial charge in [0.1, 0.15) is 13.2 Å². The van der Waals surface area contributed by atoms with Gasteiger partial charge in [0.25, 0.3) is 5.91 Å². The number of hydrogen-bond donors (Lipinski definition) is 2. The van der Waals surface area contributed by atoms with Crippen LogP contribution in [-0.2, 0) is 15.8 Å². The van der Waals surface area contributed by atoms with Gasteiger partial charge < -0.3 is 19.5 Å². The quantitative estimate of drug-likeness (QED) is 0.638. The van der Waals surface area contributed by atoms with E-state index in [0.717, 1.165) is 0 Å². The predicted octanol–water partition coefficient (Wildman–Crippen LogP) is 2.32. The number of methoxy groups -OCH3 is 1. The lowest BCUT2D eigenvalue weighted by molar-refractivity contribution is 0.102. The Hall–Kier alpha value is -3.04. The molecule has 3 rings (SSSR count). The molecule has 2 aromatic carbocycles. The van der Waals surface area contributed by atoms with Gasteiger partial charge in [-0.25, -0.2) is 13.1 Å². The number of carbonyl (C=O) groups excluding carboxylic acids is 1. The van der Waals surface area contributed by atoms with Crippen molar-refractivity contribution in [2.45, 2.75) is 5.75 Å². The Labute approximate surface area is 169 Å². The SMILES string of the molecule is C=CCNS(=O)(=O)Cc1ccc(NC(=O)c2cc(OC)c3c(c2)OCCO3)cc1. The van der Waals surface area contributed by atoms with Crippen molar-refractivity contribution in [1.82, 2.24) is 4.72 Å². The summed E-state index contributed by atoms with van der Waals surface area (Å²) in [4.78, 5) is 12.6. The van der Waals surface area contributed by atoms with Gasteiger partial charge in [-0.15, -0.1) is 6.58 Å². The van der Waals surface area contributed by atoms with Crippen LogP contribution in [0.4, 0.5) is 5.69 Å². The maximum absolute atomic E-state index is 12.6. The average molecular weight is 418 g/mol. The van der Waals surface area contributed by atoms with Crippen LogP contribution in [0.3, 0.4) is 0 Å². The molecular formula is C20H22N2O6S. The molecule has 1 heterocycles. The van der Waals surface area contributed by atoms with Crippen molar-refractivity contribution >= 4 is 21.6 Å². The fourth-order valence-corrected chi connectivity index (χ4v) is 3.85. The van der Waals surface area contributed by atoms with E-state index in [9.17, 15) is 13.2 Å².